The number of carbonyl (C=O) groups excluding carboxylic acids is 1. The number of carbonyl (C=O) groups is 1. The quantitative estimate of drug-likeness (QED) is 0.698. The van der Waals surface area contributed by atoms with Crippen LogP contribution in [0.2, 0.25) is 0 Å². The third-order valence-electron chi connectivity index (χ3n) is 4.78. The number of furan rings is 1. The molecule has 122 valence electrons. The predicted molar refractivity (Wildman–Crippen MR) is 93.8 cm³/mol. The zero-order valence-electron chi connectivity index (χ0n) is 13.7. The van der Waals surface area contributed by atoms with Crippen LogP contribution in [0.1, 0.15) is 36.5 Å². The van der Waals surface area contributed by atoms with Gasteiger partial charge in [-0.3, -0.25) is 4.79 Å². The van der Waals surface area contributed by atoms with E-state index < -0.39 is 0 Å². The summed E-state index contributed by atoms with van der Waals surface area (Å²) in [6.07, 6.45) is 4.96. The van der Waals surface area contributed by atoms with Crippen LogP contribution in [0.3, 0.4) is 0 Å². The summed E-state index contributed by atoms with van der Waals surface area (Å²) in [7, 11) is 0. The monoisotopic (exact) mass is 320 g/mol. The van der Waals surface area contributed by atoms with Crippen molar-refractivity contribution in [2.45, 2.75) is 32.2 Å². The van der Waals surface area contributed by atoms with E-state index in [1.807, 2.05) is 47.4 Å². The number of nitrogens with zero attached hydrogens (tertiary/aromatic N) is 2. The number of rotatable bonds is 2. The molecule has 1 atom stereocenters. The molecule has 1 aromatic carbocycles. The topological polar surface area (TPSA) is 46.3 Å². The number of amides is 1. The Balaban J connectivity index is 1.85. The van der Waals surface area contributed by atoms with Gasteiger partial charge in [0.25, 0.3) is 5.91 Å². The minimum atomic E-state index is 0.0913. The van der Waals surface area contributed by atoms with Crippen LogP contribution in [0, 0.1) is 0 Å². The number of para-hydroxylation sites is 1. The summed E-state index contributed by atoms with van der Waals surface area (Å²) >= 11 is 0. The molecule has 1 fully saturated rings. The van der Waals surface area contributed by atoms with Gasteiger partial charge in [0, 0.05) is 18.0 Å². The summed E-state index contributed by atoms with van der Waals surface area (Å²) in [4.78, 5) is 19.9. The number of piperidine rings is 1. The molecule has 3 heterocycles. The van der Waals surface area contributed by atoms with Crippen molar-refractivity contribution in [2.75, 3.05) is 6.54 Å². The number of hydrogen-bond donors (Lipinski definition) is 0. The average molecular weight is 320 g/mol. The molecule has 0 bridgehead atoms. The Hall–Kier alpha value is -2.62. The fraction of sp³-hybridized carbons (Fsp3) is 0.300. The van der Waals surface area contributed by atoms with Gasteiger partial charge in [-0.1, -0.05) is 18.2 Å². The molecular weight excluding hydrogens is 300 g/mol. The van der Waals surface area contributed by atoms with Crippen LogP contribution < -0.4 is 0 Å². The molecule has 4 nitrogen and oxygen atoms in total. The van der Waals surface area contributed by atoms with Crippen LogP contribution in [-0.4, -0.2) is 28.4 Å². The summed E-state index contributed by atoms with van der Waals surface area (Å²) in [6, 6.07) is 13.7. The number of aromatic nitrogens is 1. The van der Waals surface area contributed by atoms with E-state index in [-0.39, 0.29) is 11.9 Å². The summed E-state index contributed by atoms with van der Waals surface area (Å²) in [5, 5.41) is 0.899. The molecule has 4 rings (SSSR count). The molecule has 1 aliphatic heterocycles. The van der Waals surface area contributed by atoms with Gasteiger partial charge in [0.15, 0.2) is 5.76 Å². The highest BCUT2D eigenvalue weighted by atomic mass is 16.3. The van der Waals surface area contributed by atoms with Crippen molar-refractivity contribution in [3.05, 3.63) is 54.3 Å². The van der Waals surface area contributed by atoms with Crippen LogP contribution in [0.4, 0.5) is 0 Å². The predicted octanol–water partition coefficient (Wildman–Crippen LogP) is 4.51. The molecule has 4 heteroatoms. The normalized spacial score (nSPS) is 18.0. The van der Waals surface area contributed by atoms with Crippen molar-refractivity contribution in [2.24, 2.45) is 0 Å². The first kappa shape index (κ1) is 14.9. The maximum Gasteiger partial charge on any atom is 0.254 e. The van der Waals surface area contributed by atoms with Gasteiger partial charge in [-0.15, -0.1) is 0 Å². The average Bonchev–Trinajstić information content (AvgIpc) is 3.15. The van der Waals surface area contributed by atoms with Crippen molar-refractivity contribution in [3.8, 4) is 11.5 Å². The first-order valence-electron chi connectivity index (χ1n) is 8.48. The highest BCUT2D eigenvalue weighted by Crippen LogP contribution is 2.28. The lowest BCUT2D eigenvalue weighted by molar-refractivity contribution is 0.0637. The molecule has 1 amide bonds. The minimum absolute atomic E-state index is 0.0913. The van der Waals surface area contributed by atoms with Crippen LogP contribution in [0.25, 0.3) is 22.4 Å². The third-order valence-corrected chi connectivity index (χ3v) is 4.78. The molecule has 0 saturated carbocycles. The molecule has 0 radical (unpaired) electrons. The maximum atomic E-state index is 13.2. The minimum Gasteiger partial charge on any atom is -0.463 e. The van der Waals surface area contributed by atoms with Gasteiger partial charge in [0.1, 0.15) is 5.69 Å². The SMILES string of the molecule is CC1CCCCN1C(=O)c1cc(-c2ccco2)nc2ccccc12. The Labute approximate surface area is 141 Å². The van der Waals surface area contributed by atoms with E-state index in [1.165, 1.54) is 6.42 Å². The van der Waals surface area contributed by atoms with Crippen molar-refractivity contribution in [3.63, 3.8) is 0 Å². The molecular formula is C20H20N2O2. The Kier molecular flexibility index (Phi) is 3.81. The van der Waals surface area contributed by atoms with E-state index >= 15 is 0 Å². The van der Waals surface area contributed by atoms with Gasteiger partial charge in [-0.2, -0.15) is 0 Å². The van der Waals surface area contributed by atoms with E-state index in [0.717, 1.165) is 30.3 Å². The van der Waals surface area contributed by atoms with Gasteiger partial charge >= 0.3 is 0 Å². The molecule has 1 aliphatic rings. The Bertz CT molecular complexity index is 870. The standard InChI is InChI=1S/C20H20N2O2/c1-14-7-4-5-11-22(14)20(23)16-13-18(19-10-6-12-24-19)21-17-9-3-2-8-15(16)17/h2-3,6,8-10,12-14H,4-5,7,11H2,1H3. The molecule has 0 aliphatic carbocycles. The zero-order chi connectivity index (χ0) is 16.5. The summed E-state index contributed by atoms with van der Waals surface area (Å²) in [5.74, 6) is 0.773. The fourth-order valence-electron chi connectivity index (χ4n) is 3.46. The second kappa shape index (κ2) is 6.11. The summed E-state index contributed by atoms with van der Waals surface area (Å²) in [6.45, 7) is 2.96. The Morgan fingerprint density at radius 2 is 2.08 bits per heavy atom. The first-order valence-corrected chi connectivity index (χ1v) is 8.48. The van der Waals surface area contributed by atoms with Gasteiger partial charge in [-0.25, -0.2) is 4.98 Å². The number of pyridine rings is 1. The molecule has 0 N–H and O–H groups in total. The van der Waals surface area contributed by atoms with E-state index in [2.05, 4.69) is 11.9 Å². The zero-order valence-corrected chi connectivity index (χ0v) is 13.7. The second-order valence-electron chi connectivity index (χ2n) is 6.39. The van der Waals surface area contributed by atoms with Crippen molar-refractivity contribution >= 4 is 16.8 Å². The van der Waals surface area contributed by atoms with Gasteiger partial charge in [0.2, 0.25) is 0 Å². The molecule has 2 aromatic heterocycles. The lowest BCUT2D eigenvalue weighted by atomic mass is 10.00. The van der Waals surface area contributed by atoms with E-state index in [0.29, 0.717) is 17.0 Å². The first-order chi connectivity index (χ1) is 11.7. The summed E-state index contributed by atoms with van der Waals surface area (Å²) < 4.78 is 5.48. The van der Waals surface area contributed by atoms with Crippen molar-refractivity contribution in [1.29, 1.82) is 0 Å². The molecule has 0 spiro atoms. The van der Waals surface area contributed by atoms with Gasteiger partial charge < -0.3 is 9.32 Å². The second-order valence-corrected chi connectivity index (χ2v) is 6.39. The van der Waals surface area contributed by atoms with Crippen LogP contribution in [-0.2, 0) is 0 Å². The smallest absolute Gasteiger partial charge is 0.254 e. The molecule has 1 saturated heterocycles. The van der Waals surface area contributed by atoms with E-state index in [1.54, 1.807) is 6.26 Å². The molecule has 1 unspecified atom stereocenters. The molecule has 3 aromatic rings. The number of benzene rings is 1. The van der Waals surface area contributed by atoms with E-state index in [9.17, 15) is 4.79 Å². The largest absolute Gasteiger partial charge is 0.463 e. The number of fused-ring (bicyclic) bond motifs is 1. The number of likely N-dealkylation sites (tertiary alicyclic amines) is 1. The number of hydrogen-bond acceptors (Lipinski definition) is 3. The lowest BCUT2D eigenvalue weighted by Crippen LogP contribution is -2.42. The van der Waals surface area contributed by atoms with Gasteiger partial charge in [0.05, 0.1) is 17.3 Å². The third kappa shape index (κ3) is 2.58. The Morgan fingerprint density at radius 1 is 1.21 bits per heavy atom. The van der Waals surface area contributed by atoms with Crippen LogP contribution >= 0.6 is 0 Å². The van der Waals surface area contributed by atoms with Crippen LogP contribution in [0.5, 0.6) is 0 Å². The highest BCUT2D eigenvalue weighted by molar-refractivity contribution is 6.07. The van der Waals surface area contributed by atoms with Gasteiger partial charge in [-0.05, 0) is 50.5 Å². The van der Waals surface area contributed by atoms with Crippen LogP contribution in [0.15, 0.2) is 53.1 Å². The van der Waals surface area contributed by atoms with Crippen molar-refractivity contribution in [1.82, 2.24) is 9.88 Å². The van der Waals surface area contributed by atoms with E-state index in [4.69, 9.17) is 4.42 Å². The maximum absolute atomic E-state index is 13.2. The Morgan fingerprint density at radius 3 is 2.88 bits per heavy atom. The highest BCUT2D eigenvalue weighted by Gasteiger charge is 2.26. The molecule has 24 heavy (non-hydrogen) atoms. The van der Waals surface area contributed by atoms with Crippen molar-refractivity contribution < 1.29 is 9.21 Å². The fourth-order valence-corrected chi connectivity index (χ4v) is 3.46. The lowest BCUT2D eigenvalue weighted by Gasteiger charge is -2.33. The summed E-state index contributed by atoms with van der Waals surface area (Å²) in [5.41, 5.74) is 2.23.